The van der Waals surface area contributed by atoms with E-state index in [1.54, 1.807) is 12.1 Å². The number of hydrogen-bond donors (Lipinski definition) is 1. The molecule has 0 radical (unpaired) electrons. The fourth-order valence-corrected chi connectivity index (χ4v) is 1.99. The van der Waals surface area contributed by atoms with Crippen LogP contribution in [-0.2, 0) is 11.2 Å². The number of nitrogens with one attached hydrogen (secondary N) is 1. The number of hydrogen-bond acceptors (Lipinski definition) is 4. The first-order chi connectivity index (χ1) is 9.63. The number of amides is 1. The molecule has 0 fully saturated rings. The lowest BCUT2D eigenvalue weighted by atomic mass is 10.1. The van der Waals surface area contributed by atoms with Gasteiger partial charge in [-0.15, -0.1) is 0 Å². The molecule has 0 atom stereocenters. The van der Waals surface area contributed by atoms with Crippen molar-refractivity contribution in [2.24, 2.45) is 0 Å². The van der Waals surface area contributed by atoms with Crippen molar-refractivity contribution in [1.29, 1.82) is 0 Å². The summed E-state index contributed by atoms with van der Waals surface area (Å²) in [5.74, 6) is 0.316. The molecule has 0 unspecified atom stereocenters. The lowest BCUT2D eigenvalue weighted by Crippen LogP contribution is -2.28. The Balaban J connectivity index is 2.25. The van der Waals surface area contributed by atoms with Crippen LogP contribution in [0.25, 0.3) is 11.0 Å². The fraction of sp³-hybridized carbons (Fsp3) is 0.333. The van der Waals surface area contributed by atoms with Crippen molar-refractivity contribution in [3.8, 4) is 5.75 Å². The quantitative estimate of drug-likeness (QED) is 0.846. The molecule has 1 aromatic heterocycles. The van der Waals surface area contributed by atoms with Crippen LogP contribution in [-0.4, -0.2) is 19.1 Å². The molecule has 2 aromatic rings. The Morgan fingerprint density at radius 3 is 2.80 bits per heavy atom. The first kappa shape index (κ1) is 14.1. The van der Waals surface area contributed by atoms with E-state index < -0.39 is 0 Å². The molecule has 0 saturated heterocycles. The van der Waals surface area contributed by atoms with Gasteiger partial charge in [0.05, 0.1) is 0 Å². The van der Waals surface area contributed by atoms with E-state index in [1.165, 1.54) is 6.07 Å². The van der Waals surface area contributed by atoms with Crippen molar-refractivity contribution in [3.63, 3.8) is 0 Å². The van der Waals surface area contributed by atoms with E-state index in [-0.39, 0.29) is 18.1 Å². The highest BCUT2D eigenvalue weighted by atomic mass is 16.5. The van der Waals surface area contributed by atoms with Gasteiger partial charge in [-0.1, -0.05) is 6.92 Å². The molecule has 0 aliphatic heterocycles. The Kier molecular flexibility index (Phi) is 4.40. The van der Waals surface area contributed by atoms with E-state index in [2.05, 4.69) is 5.32 Å². The van der Waals surface area contributed by atoms with Crippen molar-refractivity contribution in [3.05, 3.63) is 40.2 Å². The van der Waals surface area contributed by atoms with Crippen LogP contribution in [0.3, 0.4) is 0 Å². The molecule has 1 aromatic carbocycles. The number of aryl methyl sites for hydroxylation is 1. The van der Waals surface area contributed by atoms with Crippen molar-refractivity contribution in [1.82, 2.24) is 5.32 Å². The van der Waals surface area contributed by atoms with Crippen LogP contribution in [0, 0.1) is 0 Å². The van der Waals surface area contributed by atoms with Crippen LogP contribution in [0.1, 0.15) is 19.4 Å². The summed E-state index contributed by atoms with van der Waals surface area (Å²) in [7, 11) is 0. The Hall–Kier alpha value is -2.30. The molecule has 1 N–H and O–H groups in total. The molecule has 1 heterocycles. The van der Waals surface area contributed by atoms with Crippen LogP contribution >= 0.6 is 0 Å². The number of fused-ring (bicyclic) bond motifs is 1. The van der Waals surface area contributed by atoms with Gasteiger partial charge in [-0.3, -0.25) is 4.79 Å². The maximum absolute atomic E-state index is 11.5. The molecule has 2 rings (SSSR count). The molecule has 20 heavy (non-hydrogen) atoms. The monoisotopic (exact) mass is 275 g/mol. The zero-order valence-electron chi connectivity index (χ0n) is 11.6. The smallest absolute Gasteiger partial charge is 0.336 e. The molecule has 0 spiro atoms. The van der Waals surface area contributed by atoms with E-state index in [0.29, 0.717) is 17.9 Å². The van der Waals surface area contributed by atoms with E-state index >= 15 is 0 Å². The maximum Gasteiger partial charge on any atom is 0.336 e. The molecule has 1 amide bonds. The van der Waals surface area contributed by atoms with Gasteiger partial charge in [-0.05, 0) is 31.0 Å². The van der Waals surface area contributed by atoms with Crippen molar-refractivity contribution < 1.29 is 13.9 Å². The number of carbonyl (C=O) groups excluding carboxylic acids is 1. The van der Waals surface area contributed by atoms with Crippen molar-refractivity contribution in [2.45, 2.75) is 20.3 Å². The minimum Gasteiger partial charge on any atom is -0.484 e. The average molecular weight is 275 g/mol. The summed E-state index contributed by atoms with van der Waals surface area (Å²) >= 11 is 0. The van der Waals surface area contributed by atoms with Crippen molar-refractivity contribution >= 4 is 16.9 Å². The molecule has 0 bridgehead atoms. The molecule has 0 saturated carbocycles. The highest BCUT2D eigenvalue weighted by molar-refractivity contribution is 5.82. The largest absolute Gasteiger partial charge is 0.484 e. The third-order valence-electron chi connectivity index (χ3n) is 2.93. The Morgan fingerprint density at radius 2 is 2.10 bits per heavy atom. The normalized spacial score (nSPS) is 10.5. The second-order valence-corrected chi connectivity index (χ2v) is 4.34. The number of carbonyl (C=O) groups is 1. The van der Waals surface area contributed by atoms with Crippen molar-refractivity contribution in [2.75, 3.05) is 13.2 Å². The highest BCUT2D eigenvalue weighted by Crippen LogP contribution is 2.22. The van der Waals surface area contributed by atoms with Crippen LogP contribution in [0.5, 0.6) is 5.75 Å². The molecule has 0 aliphatic rings. The predicted molar refractivity (Wildman–Crippen MR) is 76.0 cm³/mol. The van der Waals surface area contributed by atoms with Gasteiger partial charge in [0.2, 0.25) is 0 Å². The van der Waals surface area contributed by atoms with E-state index in [9.17, 15) is 9.59 Å². The molecular weight excluding hydrogens is 258 g/mol. The standard InChI is InChI=1S/C15H17NO4/c1-3-10-7-15(18)20-13-8-11(5-6-12(10)13)19-9-14(17)16-4-2/h5-8H,3-4,9H2,1-2H3,(H,16,17). The number of likely N-dealkylation sites (N-methyl/N-ethyl adjacent to an activating group) is 1. The lowest BCUT2D eigenvalue weighted by molar-refractivity contribution is -0.122. The van der Waals surface area contributed by atoms with Gasteiger partial charge in [-0.2, -0.15) is 0 Å². The van der Waals surface area contributed by atoms with Crippen LogP contribution in [0.2, 0.25) is 0 Å². The van der Waals surface area contributed by atoms with E-state index in [1.807, 2.05) is 19.9 Å². The second kappa shape index (κ2) is 6.23. The zero-order chi connectivity index (χ0) is 14.5. The maximum atomic E-state index is 11.5. The Labute approximate surface area is 116 Å². The van der Waals surface area contributed by atoms with Crippen LogP contribution in [0.4, 0.5) is 0 Å². The Bertz CT molecular complexity index is 675. The van der Waals surface area contributed by atoms with Crippen LogP contribution in [0.15, 0.2) is 33.5 Å². The summed E-state index contributed by atoms with van der Waals surface area (Å²) < 4.78 is 10.5. The van der Waals surface area contributed by atoms with Crippen LogP contribution < -0.4 is 15.7 Å². The van der Waals surface area contributed by atoms with Gasteiger partial charge >= 0.3 is 5.63 Å². The van der Waals surface area contributed by atoms with Gasteiger partial charge in [0.15, 0.2) is 6.61 Å². The molecule has 106 valence electrons. The Morgan fingerprint density at radius 1 is 1.30 bits per heavy atom. The average Bonchev–Trinajstić information content (AvgIpc) is 2.44. The van der Waals surface area contributed by atoms with Gasteiger partial charge < -0.3 is 14.5 Å². The number of rotatable bonds is 5. The summed E-state index contributed by atoms with van der Waals surface area (Å²) in [6.45, 7) is 4.33. The lowest BCUT2D eigenvalue weighted by Gasteiger charge is -2.08. The third kappa shape index (κ3) is 3.17. The summed E-state index contributed by atoms with van der Waals surface area (Å²) in [6, 6.07) is 6.73. The third-order valence-corrected chi connectivity index (χ3v) is 2.93. The topological polar surface area (TPSA) is 68.5 Å². The molecule has 0 aliphatic carbocycles. The summed E-state index contributed by atoms with van der Waals surface area (Å²) in [4.78, 5) is 22.8. The number of benzene rings is 1. The SMILES string of the molecule is CCNC(=O)COc1ccc2c(CC)cc(=O)oc2c1. The van der Waals surface area contributed by atoms with E-state index in [0.717, 1.165) is 17.4 Å². The minimum atomic E-state index is -0.379. The summed E-state index contributed by atoms with van der Waals surface area (Å²) in [6.07, 6.45) is 0.751. The zero-order valence-corrected chi connectivity index (χ0v) is 11.6. The summed E-state index contributed by atoms with van der Waals surface area (Å²) in [5, 5.41) is 3.53. The predicted octanol–water partition coefficient (Wildman–Crippen LogP) is 1.87. The highest BCUT2D eigenvalue weighted by Gasteiger charge is 2.07. The molecule has 5 heteroatoms. The van der Waals surface area contributed by atoms with Gasteiger partial charge in [0, 0.05) is 24.1 Å². The molecule has 5 nitrogen and oxygen atoms in total. The fourth-order valence-electron chi connectivity index (χ4n) is 1.99. The van der Waals surface area contributed by atoms with Gasteiger partial charge in [0.25, 0.3) is 5.91 Å². The first-order valence-corrected chi connectivity index (χ1v) is 6.60. The first-order valence-electron chi connectivity index (χ1n) is 6.60. The summed E-state index contributed by atoms with van der Waals surface area (Å²) in [5.41, 5.74) is 1.03. The molecular formula is C15H17NO4. The minimum absolute atomic E-state index is 0.0585. The second-order valence-electron chi connectivity index (χ2n) is 4.34. The van der Waals surface area contributed by atoms with Gasteiger partial charge in [-0.25, -0.2) is 4.79 Å². The van der Waals surface area contributed by atoms with Gasteiger partial charge in [0.1, 0.15) is 11.3 Å². The van der Waals surface area contributed by atoms with E-state index in [4.69, 9.17) is 9.15 Å². The number of ether oxygens (including phenoxy) is 1.